The predicted octanol–water partition coefficient (Wildman–Crippen LogP) is -1.27. The third-order valence-corrected chi connectivity index (χ3v) is 5.20. The fraction of sp³-hybridized carbons (Fsp3) is 0.0526. The zero-order chi connectivity index (χ0) is 13.5. The maximum atomic E-state index is 2.43. The van der Waals surface area contributed by atoms with E-state index in [-0.39, 0.29) is 24.8 Å². The van der Waals surface area contributed by atoms with Crippen molar-refractivity contribution in [2.45, 2.75) is 5.92 Å². The number of fused-ring (bicyclic) bond motifs is 3. The van der Waals surface area contributed by atoms with E-state index in [0.29, 0.717) is 5.92 Å². The summed E-state index contributed by atoms with van der Waals surface area (Å²) in [6.07, 6.45) is 9.03. The van der Waals surface area contributed by atoms with E-state index in [1.807, 2.05) is 0 Å². The molecule has 0 amide bonds. The molecule has 0 heterocycles. The molecule has 4 rings (SSSR count). The number of hydrogen-bond acceptors (Lipinski definition) is 0. The molecule has 0 atom stereocenters. The van der Waals surface area contributed by atoms with Gasteiger partial charge in [0.1, 0.15) is 0 Å². The molecule has 0 N–H and O–H groups in total. The Kier molecular flexibility index (Phi) is 5.67. The summed E-state index contributed by atoms with van der Waals surface area (Å²) in [6.45, 7) is 0. The molecule has 0 bridgehead atoms. The molecule has 2 aliphatic rings. The zero-order valence-corrected chi connectivity index (χ0v) is 15.7. The van der Waals surface area contributed by atoms with E-state index < -0.39 is 0 Å². The van der Waals surface area contributed by atoms with E-state index in [0.717, 1.165) is 0 Å². The summed E-state index contributed by atoms with van der Waals surface area (Å²) in [5.74, 6) is 0.393. The van der Waals surface area contributed by atoms with Crippen molar-refractivity contribution < 1.29 is 49.5 Å². The van der Waals surface area contributed by atoms with Gasteiger partial charge in [-0.05, 0) is 0 Å². The molecule has 0 unspecified atom stereocenters. The normalized spacial score (nSPS) is 16.6. The topological polar surface area (TPSA) is 0 Å². The molecule has 0 saturated carbocycles. The van der Waals surface area contributed by atoms with Crippen LogP contribution >= 0.6 is 0 Å². The summed E-state index contributed by atoms with van der Waals surface area (Å²) in [7, 11) is 0. The standard InChI is InChI=1S/C19H13.2ClH.Zr/c1-2-8-14(7-1)13-19-17-11-5-3-9-15(17)16-10-4-6-12-18(16)19;;;/h1-7,9-13,19H;2*1H;/q;;;+2/p-2. The molecular formula is C19H13Cl2Zr. The minimum absolute atomic E-state index is 0. The quantitative estimate of drug-likeness (QED) is 0.558. The first-order valence-corrected chi connectivity index (χ1v) is 8.08. The average Bonchev–Trinajstić information content (AvgIpc) is 3.03. The summed E-state index contributed by atoms with van der Waals surface area (Å²) >= 11 is 1.49. The van der Waals surface area contributed by atoms with Crippen LogP contribution in [0.3, 0.4) is 0 Å². The Morgan fingerprint density at radius 2 is 1.36 bits per heavy atom. The number of hydrogen-bond donors (Lipinski definition) is 0. The summed E-state index contributed by atoms with van der Waals surface area (Å²) in [5, 5.41) is 0. The van der Waals surface area contributed by atoms with Crippen LogP contribution in [0.2, 0.25) is 0 Å². The van der Waals surface area contributed by atoms with Crippen molar-refractivity contribution in [1.29, 1.82) is 0 Å². The number of benzene rings is 2. The van der Waals surface area contributed by atoms with Gasteiger partial charge in [0.15, 0.2) is 0 Å². The van der Waals surface area contributed by atoms with Crippen LogP contribution in [0.5, 0.6) is 0 Å². The van der Waals surface area contributed by atoms with Crippen molar-refractivity contribution in [3.8, 4) is 11.1 Å². The van der Waals surface area contributed by atoms with Crippen molar-refractivity contribution >= 4 is 0 Å². The van der Waals surface area contributed by atoms with Gasteiger partial charge in [-0.25, -0.2) is 0 Å². The monoisotopic (exact) mass is 401 g/mol. The van der Waals surface area contributed by atoms with Crippen molar-refractivity contribution in [3.05, 3.63) is 92.8 Å². The Hall–Kier alpha value is -0.877. The second-order valence-electron chi connectivity index (χ2n) is 5.21. The van der Waals surface area contributed by atoms with E-state index in [1.54, 1.807) is 0 Å². The van der Waals surface area contributed by atoms with E-state index in [9.17, 15) is 0 Å². The Labute approximate surface area is 158 Å². The van der Waals surface area contributed by atoms with Crippen molar-refractivity contribution in [3.63, 3.8) is 0 Å². The van der Waals surface area contributed by atoms with Gasteiger partial charge in [-0.1, -0.05) is 0 Å². The minimum atomic E-state index is 0. The van der Waals surface area contributed by atoms with Crippen LogP contribution < -0.4 is 24.8 Å². The molecule has 107 valence electrons. The van der Waals surface area contributed by atoms with Crippen LogP contribution in [0.1, 0.15) is 17.0 Å². The van der Waals surface area contributed by atoms with E-state index >= 15 is 0 Å². The average molecular weight is 403 g/mol. The van der Waals surface area contributed by atoms with Crippen LogP contribution in [-0.2, 0) is 24.7 Å². The third kappa shape index (κ3) is 2.83. The first-order chi connectivity index (χ1) is 9.84. The first-order valence-electron chi connectivity index (χ1n) is 6.85. The molecule has 22 heavy (non-hydrogen) atoms. The van der Waals surface area contributed by atoms with Crippen LogP contribution in [0.15, 0.2) is 81.7 Å². The van der Waals surface area contributed by atoms with Crippen molar-refractivity contribution in [2.75, 3.05) is 0 Å². The molecule has 0 spiro atoms. The van der Waals surface area contributed by atoms with E-state index in [2.05, 4.69) is 72.8 Å². The number of halogens is 2. The van der Waals surface area contributed by atoms with Gasteiger partial charge in [0.2, 0.25) is 0 Å². The molecule has 0 aliphatic heterocycles. The molecular weight excluding hydrogens is 390 g/mol. The Morgan fingerprint density at radius 1 is 0.818 bits per heavy atom. The van der Waals surface area contributed by atoms with Gasteiger partial charge in [-0.3, -0.25) is 0 Å². The van der Waals surface area contributed by atoms with Crippen LogP contribution in [0, 0.1) is 0 Å². The van der Waals surface area contributed by atoms with Gasteiger partial charge in [-0.2, -0.15) is 0 Å². The van der Waals surface area contributed by atoms with Gasteiger partial charge in [0, 0.05) is 0 Å². The summed E-state index contributed by atoms with van der Waals surface area (Å²) < 4.78 is 1.44. The fourth-order valence-corrected chi connectivity index (χ4v) is 3.78. The molecule has 0 aromatic heterocycles. The molecule has 0 radical (unpaired) electrons. The number of allylic oxidation sites excluding steroid dienone is 6. The number of rotatable bonds is 1. The first kappa shape index (κ1) is 17.5. The molecule has 2 aromatic rings. The van der Waals surface area contributed by atoms with E-state index in [1.165, 1.54) is 55.8 Å². The van der Waals surface area contributed by atoms with Gasteiger partial charge in [-0.15, -0.1) is 0 Å². The third-order valence-electron chi connectivity index (χ3n) is 4.08. The maximum absolute atomic E-state index is 2.43. The fourth-order valence-electron chi connectivity index (χ4n) is 3.13. The molecule has 0 saturated heterocycles. The SMILES string of the molecule is [Cl-].[Cl-].[Zr+2][C]1=CC=CC1=CC1c2ccccc2-c2ccccc21. The summed E-state index contributed by atoms with van der Waals surface area (Å²) in [6, 6.07) is 17.6. The van der Waals surface area contributed by atoms with Gasteiger partial charge < -0.3 is 24.8 Å². The van der Waals surface area contributed by atoms with Gasteiger partial charge in [0.25, 0.3) is 0 Å². The molecule has 0 fully saturated rings. The van der Waals surface area contributed by atoms with Gasteiger partial charge >= 0.3 is 135 Å². The summed E-state index contributed by atoms with van der Waals surface area (Å²) in [5.41, 5.74) is 7.04. The molecule has 3 heteroatoms. The van der Waals surface area contributed by atoms with E-state index in [4.69, 9.17) is 0 Å². The van der Waals surface area contributed by atoms with Crippen molar-refractivity contribution in [2.24, 2.45) is 0 Å². The summed E-state index contributed by atoms with van der Waals surface area (Å²) in [4.78, 5) is 0. The Balaban J connectivity index is 0.000000882. The second-order valence-corrected chi connectivity index (χ2v) is 6.54. The zero-order valence-electron chi connectivity index (χ0n) is 11.8. The van der Waals surface area contributed by atoms with Crippen LogP contribution in [0.25, 0.3) is 11.1 Å². The van der Waals surface area contributed by atoms with Crippen LogP contribution in [0.4, 0.5) is 0 Å². The molecule has 2 aliphatic carbocycles. The Bertz CT molecular complexity index is 742. The van der Waals surface area contributed by atoms with Crippen LogP contribution in [-0.4, -0.2) is 0 Å². The molecule has 0 nitrogen and oxygen atoms in total. The predicted molar refractivity (Wildman–Crippen MR) is 79.0 cm³/mol. The molecule has 2 aromatic carbocycles. The Morgan fingerprint density at radius 3 is 1.86 bits per heavy atom. The van der Waals surface area contributed by atoms with Gasteiger partial charge in [0.05, 0.1) is 0 Å². The van der Waals surface area contributed by atoms with Crippen molar-refractivity contribution in [1.82, 2.24) is 0 Å². The second kappa shape index (κ2) is 7.13.